The molecule has 0 aliphatic heterocycles. The van der Waals surface area contributed by atoms with E-state index < -0.39 is 0 Å². The molecule has 0 radical (unpaired) electrons. The smallest absolute Gasteiger partial charge is 0.253 e. The molecule has 2 aromatic heterocycles. The summed E-state index contributed by atoms with van der Waals surface area (Å²) < 4.78 is 2.62. The van der Waals surface area contributed by atoms with Gasteiger partial charge in [-0.05, 0) is 40.5 Å². The van der Waals surface area contributed by atoms with Crippen molar-refractivity contribution in [2.45, 2.75) is 13.5 Å². The minimum absolute atomic E-state index is 0.0288. The molecule has 0 aliphatic carbocycles. The van der Waals surface area contributed by atoms with Crippen molar-refractivity contribution in [2.75, 3.05) is 0 Å². The Kier molecular flexibility index (Phi) is 3.40. The number of hydrogen-bond acceptors (Lipinski definition) is 2. The van der Waals surface area contributed by atoms with Crippen molar-refractivity contribution in [1.29, 1.82) is 0 Å². The van der Waals surface area contributed by atoms with E-state index in [1.807, 2.05) is 49.5 Å². The van der Waals surface area contributed by atoms with E-state index in [1.54, 1.807) is 10.8 Å². The van der Waals surface area contributed by atoms with Gasteiger partial charge in [-0.3, -0.25) is 9.78 Å². The molecule has 4 heteroatoms. The van der Waals surface area contributed by atoms with Gasteiger partial charge >= 0.3 is 0 Å². The fourth-order valence-electron chi connectivity index (χ4n) is 2.34. The highest BCUT2D eigenvalue weighted by Crippen LogP contribution is 2.17. The maximum Gasteiger partial charge on any atom is 0.253 e. The van der Waals surface area contributed by atoms with Gasteiger partial charge < -0.3 is 4.57 Å². The fourth-order valence-corrected chi connectivity index (χ4v) is 2.93. The first-order valence-electron chi connectivity index (χ1n) is 6.34. The summed E-state index contributed by atoms with van der Waals surface area (Å²) in [4.78, 5) is 16.6. The fraction of sp³-hybridized carbons (Fsp3) is 0.125. The molecule has 1 aromatic carbocycles. The van der Waals surface area contributed by atoms with Crippen molar-refractivity contribution < 1.29 is 0 Å². The lowest BCUT2D eigenvalue weighted by Gasteiger charge is -2.10. The Morgan fingerprint density at radius 3 is 2.90 bits per heavy atom. The Bertz CT molecular complexity index is 834. The van der Waals surface area contributed by atoms with Crippen LogP contribution in [0.5, 0.6) is 0 Å². The second-order valence-corrected chi connectivity index (χ2v) is 5.68. The van der Waals surface area contributed by atoms with Crippen molar-refractivity contribution in [3.63, 3.8) is 0 Å². The summed E-state index contributed by atoms with van der Waals surface area (Å²) in [6.45, 7) is 2.35. The Balaban J connectivity index is 2.13. The molecule has 3 aromatic rings. The van der Waals surface area contributed by atoms with Gasteiger partial charge in [0.05, 0.1) is 12.1 Å². The first kappa shape index (κ1) is 13.1. The molecule has 0 saturated heterocycles. The molecule has 100 valence electrons. The number of aryl methyl sites for hydroxylation is 1. The van der Waals surface area contributed by atoms with Crippen LogP contribution in [-0.4, -0.2) is 9.55 Å². The van der Waals surface area contributed by atoms with Crippen LogP contribution >= 0.6 is 15.9 Å². The largest absolute Gasteiger partial charge is 0.310 e. The molecule has 3 nitrogen and oxygen atoms in total. The molecule has 0 aliphatic rings. The summed E-state index contributed by atoms with van der Waals surface area (Å²) >= 11 is 3.43. The molecule has 0 spiro atoms. The van der Waals surface area contributed by atoms with Gasteiger partial charge in [0.25, 0.3) is 5.56 Å². The Morgan fingerprint density at radius 1 is 1.25 bits per heavy atom. The number of rotatable bonds is 2. The number of para-hydroxylation sites is 1. The zero-order valence-corrected chi connectivity index (χ0v) is 12.6. The van der Waals surface area contributed by atoms with Gasteiger partial charge in [-0.2, -0.15) is 0 Å². The topological polar surface area (TPSA) is 34.9 Å². The van der Waals surface area contributed by atoms with Crippen LogP contribution in [0, 0.1) is 6.92 Å². The minimum Gasteiger partial charge on any atom is -0.310 e. The average molecular weight is 329 g/mol. The molecule has 0 atom stereocenters. The van der Waals surface area contributed by atoms with E-state index in [4.69, 9.17) is 0 Å². The molecular formula is C16H13BrN2O. The summed E-state index contributed by atoms with van der Waals surface area (Å²) in [5.41, 5.74) is 2.75. The quantitative estimate of drug-likeness (QED) is 0.721. The summed E-state index contributed by atoms with van der Waals surface area (Å²) in [5, 5.41) is 1.09. The molecule has 0 saturated carbocycles. The van der Waals surface area contributed by atoms with E-state index in [0.29, 0.717) is 6.54 Å². The number of hydrogen-bond donors (Lipinski definition) is 0. The van der Waals surface area contributed by atoms with Gasteiger partial charge in [0.2, 0.25) is 0 Å². The molecule has 0 N–H and O–H groups in total. The number of fused-ring (bicyclic) bond motifs is 1. The lowest BCUT2D eigenvalue weighted by atomic mass is 10.1. The minimum atomic E-state index is 0.0288. The van der Waals surface area contributed by atoms with Gasteiger partial charge in [-0.15, -0.1) is 0 Å². The normalized spacial score (nSPS) is 10.9. The lowest BCUT2D eigenvalue weighted by Crippen LogP contribution is -2.22. The Hall–Kier alpha value is -1.94. The molecule has 0 fully saturated rings. The van der Waals surface area contributed by atoms with E-state index in [9.17, 15) is 4.79 Å². The molecule has 0 unspecified atom stereocenters. The van der Waals surface area contributed by atoms with Crippen molar-refractivity contribution >= 4 is 26.8 Å². The second kappa shape index (κ2) is 5.21. The van der Waals surface area contributed by atoms with E-state index in [0.717, 1.165) is 26.5 Å². The van der Waals surface area contributed by atoms with Crippen LogP contribution in [0.1, 0.15) is 11.1 Å². The average Bonchev–Trinajstić information content (AvgIpc) is 2.44. The summed E-state index contributed by atoms with van der Waals surface area (Å²) in [6, 6.07) is 11.8. The number of benzene rings is 1. The van der Waals surface area contributed by atoms with Crippen LogP contribution < -0.4 is 5.56 Å². The van der Waals surface area contributed by atoms with Crippen LogP contribution in [0.3, 0.4) is 0 Å². The van der Waals surface area contributed by atoms with E-state index in [2.05, 4.69) is 20.9 Å². The number of nitrogens with zero attached hydrogens (tertiary/aromatic N) is 2. The van der Waals surface area contributed by atoms with Crippen LogP contribution in [-0.2, 0) is 6.54 Å². The first-order chi connectivity index (χ1) is 9.65. The van der Waals surface area contributed by atoms with Gasteiger partial charge in [-0.25, -0.2) is 0 Å². The van der Waals surface area contributed by atoms with Crippen LogP contribution in [0.4, 0.5) is 0 Å². The molecule has 2 heterocycles. The highest BCUT2D eigenvalue weighted by Gasteiger charge is 2.06. The third-order valence-corrected chi connectivity index (χ3v) is 3.72. The molecule has 3 rings (SSSR count). The van der Waals surface area contributed by atoms with E-state index in [1.165, 1.54) is 0 Å². The maximum atomic E-state index is 12.2. The van der Waals surface area contributed by atoms with Gasteiger partial charge in [0.15, 0.2) is 0 Å². The van der Waals surface area contributed by atoms with Gasteiger partial charge in [-0.1, -0.05) is 24.3 Å². The van der Waals surface area contributed by atoms with Gasteiger partial charge in [0, 0.05) is 27.8 Å². The predicted octanol–water partition coefficient (Wildman–Crippen LogP) is 3.52. The zero-order chi connectivity index (χ0) is 14.1. The van der Waals surface area contributed by atoms with Crippen molar-refractivity contribution in [2.24, 2.45) is 0 Å². The molecule has 0 amide bonds. The number of halogens is 1. The van der Waals surface area contributed by atoms with Crippen molar-refractivity contribution in [3.8, 4) is 0 Å². The lowest BCUT2D eigenvalue weighted by molar-refractivity contribution is 0.752. The molecule has 20 heavy (non-hydrogen) atoms. The summed E-state index contributed by atoms with van der Waals surface area (Å²) in [6.07, 6.45) is 3.60. The Morgan fingerprint density at radius 2 is 2.05 bits per heavy atom. The molecular weight excluding hydrogens is 316 g/mol. The SMILES string of the molecule is Cc1cc(Br)cn(Cc2cccc3cccnc23)c1=O. The zero-order valence-electron chi connectivity index (χ0n) is 11.0. The van der Waals surface area contributed by atoms with Gasteiger partial charge in [0.1, 0.15) is 0 Å². The monoisotopic (exact) mass is 328 g/mol. The third kappa shape index (κ3) is 2.39. The summed E-state index contributed by atoms with van der Waals surface area (Å²) in [5.74, 6) is 0. The molecule has 0 bridgehead atoms. The van der Waals surface area contributed by atoms with E-state index >= 15 is 0 Å². The summed E-state index contributed by atoms with van der Waals surface area (Å²) in [7, 11) is 0. The third-order valence-electron chi connectivity index (χ3n) is 3.29. The second-order valence-electron chi connectivity index (χ2n) is 4.77. The predicted molar refractivity (Wildman–Crippen MR) is 84.0 cm³/mol. The standard InChI is InChI=1S/C16H13BrN2O/c1-11-8-14(17)10-19(16(11)20)9-13-5-2-4-12-6-3-7-18-15(12)13/h2-8,10H,9H2,1H3. The van der Waals surface area contributed by atoms with E-state index in [-0.39, 0.29) is 5.56 Å². The maximum absolute atomic E-state index is 12.2. The van der Waals surface area contributed by atoms with Crippen molar-refractivity contribution in [3.05, 3.63) is 74.7 Å². The van der Waals surface area contributed by atoms with Crippen LogP contribution in [0.15, 0.2) is 58.1 Å². The first-order valence-corrected chi connectivity index (χ1v) is 7.13. The number of pyridine rings is 2. The highest BCUT2D eigenvalue weighted by molar-refractivity contribution is 9.10. The Labute approximate surface area is 125 Å². The van der Waals surface area contributed by atoms with Crippen molar-refractivity contribution in [1.82, 2.24) is 9.55 Å². The van der Waals surface area contributed by atoms with Crippen LogP contribution in [0.2, 0.25) is 0 Å². The highest BCUT2D eigenvalue weighted by atomic mass is 79.9. The van der Waals surface area contributed by atoms with Crippen LogP contribution in [0.25, 0.3) is 10.9 Å². The number of aromatic nitrogens is 2.